The van der Waals surface area contributed by atoms with Crippen LogP contribution in [0.1, 0.15) is 18.9 Å². The van der Waals surface area contributed by atoms with E-state index in [9.17, 15) is 5.11 Å². The second-order valence-electron chi connectivity index (χ2n) is 3.78. The number of aromatic nitrogens is 1. The van der Waals surface area contributed by atoms with Gasteiger partial charge in [0.1, 0.15) is 0 Å². The van der Waals surface area contributed by atoms with E-state index in [1.54, 1.807) is 19.5 Å². The van der Waals surface area contributed by atoms with E-state index >= 15 is 0 Å². The Hall–Kier alpha value is -0.930. The summed E-state index contributed by atoms with van der Waals surface area (Å²) in [6.45, 7) is 2.40. The fraction of sp³-hybridized carbons (Fsp3) is 0.545. The first-order valence-corrected chi connectivity index (χ1v) is 4.74. The van der Waals surface area contributed by atoms with Crippen molar-refractivity contribution in [2.75, 3.05) is 13.7 Å². The SMILES string of the molecule is COCCC(C)(O)Cc1cccnc1. The number of ether oxygens (including phenoxy) is 1. The molecule has 0 aliphatic carbocycles. The Bertz CT molecular complexity index is 259. The van der Waals surface area contributed by atoms with Gasteiger partial charge >= 0.3 is 0 Å². The topological polar surface area (TPSA) is 42.4 Å². The number of methoxy groups -OCH3 is 1. The average Bonchev–Trinajstić information content (AvgIpc) is 2.16. The van der Waals surface area contributed by atoms with Crippen LogP contribution in [0.3, 0.4) is 0 Å². The Kier molecular flexibility index (Phi) is 4.04. The molecule has 0 bridgehead atoms. The molecule has 1 rings (SSSR count). The van der Waals surface area contributed by atoms with Crippen LogP contribution in [0.15, 0.2) is 24.5 Å². The van der Waals surface area contributed by atoms with E-state index in [4.69, 9.17) is 4.74 Å². The molecule has 1 unspecified atom stereocenters. The summed E-state index contributed by atoms with van der Waals surface area (Å²) in [5, 5.41) is 9.99. The minimum atomic E-state index is -0.709. The van der Waals surface area contributed by atoms with Gasteiger partial charge in [0.25, 0.3) is 0 Å². The first kappa shape index (κ1) is 11.1. The van der Waals surface area contributed by atoms with Gasteiger partial charge in [-0.2, -0.15) is 0 Å². The van der Waals surface area contributed by atoms with Crippen molar-refractivity contribution >= 4 is 0 Å². The predicted molar refractivity (Wildman–Crippen MR) is 55.1 cm³/mol. The molecule has 0 saturated carbocycles. The van der Waals surface area contributed by atoms with Crippen molar-refractivity contribution < 1.29 is 9.84 Å². The average molecular weight is 195 g/mol. The second kappa shape index (κ2) is 5.08. The lowest BCUT2D eigenvalue weighted by Crippen LogP contribution is -2.28. The number of hydrogen-bond acceptors (Lipinski definition) is 3. The molecule has 1 atom stereocenters. The van der Waals surface area contributed by atoms with Gasteiger partial charge in [0.2, 0.25) is 0 Å². The molecule has 14 heavy (non-hydrogen) atoms. The van der Waals surface area contributed by atoms with Gasteiger partial charge in [0.05, 0.1) is 5.60 Å². The molecule has 0 aliphatic heterocycles. The van der Waals surface area contributed by atoms with Crippen LogP contribution in [-0.2, 0) is 11.2 Å². The van der Waals surface area contributed by atoms with Gasteiger partial charge in [0.15, 0.2) is 0 Å². The van der Waals surface area contributed by atoms with Gasteiger partial charge in [-0.1, -0.05) is 6.07 Å². The van der Waals surface area contributed by atoms with Crippen LogP contribution in [-0.4, -0.2) is 29.4 Å². The molecule has 3 heteroatoms. The number of pyridine rings is 1. The maximum atomic E-state index is 9.99. The van der Waals surface area contributed by atoms with Crippen LogP contribution in [0, 0.1) is 0 Å². The summed E-state index contributed by atoms with van der Waals surface area (Å²) >= 11 is 0. The molecule has 1 aromatic heterocycles. The third kappa shape index (κ3) is 3.85. The molecular formula is C11H17NO2. The summed E-state index contributed by atoms with van der Waals surface area (Å²) in [5.41, 5.74) is 0.340. The summed E-state index contributed by atoms with van der Waals surface area (Å²) in [5.74, 6) is 0. The third-order valence-corrected chi connectivity index (χ3v) is 2.15. The molecule has 3 nitrogen and oxygen atoms in total. The van der Waals surface area contributed by atoms with Crippen molar-refractivity contribution in [3.63, 3.8) is 0 Å². The highest BCUT2D eigenvalue weighted by molar-refractivity contribution is 5.11. The molecule has 1 heterocycles. The van der Waals surface area contributed by atoms with Crippen LogP contribution in [0.5, 0.6) is 0 Å². The molecule has 0 radical (unpaired) electrons. The summed E-state index contributed by atoms with van der Waals surface area (Å²) in [6.07, 6.45) is 4.76. The Balaban J connectivity index is 2.50. The Morgan fingerprint density at radius 1 is 1.57 bits per heavy atom. The highest BCUT2D eigenvalue weighted by atomic mass is 16.5. The second-order valence-corrected chi connectivity index (χ2v) is 3.78. The molecular weight excluding hydrogens is 178 g/mol. The first-order chi connectivity index (χ1) is 6.64. The Morgan fingerprint density at radius 3 is 2.93 bits per heavy atom. The minimum Gasteiger partial charge on any atom is -0.390 e. The number of rotatable bonds is 5. The van der Waals surface area contributed by atoms with Gasteiger partial charge in [-0.05, 0) is 25.0 Å². The van der Waals surface area contributed by atoms with Crippen LogP contribution in [0.2, 0.25) is 0 Å². The van der Waals surface area contributed by atoms with Crippen molar-refractivity contribution in [2.45, 2.75) is 25.4 Å². The van der Waals surface area contributed by atoms with E-state index in [2.05, 4.69) is 4.98 Å². The van der Waals surface area contributed by atoms with Gasteiger partial charge < -0.3 is 9.84 Å². The van der Waals surface area contributed by atoms with Gasteiger partial charge in [-0.3, -0.25) is 4.98 Å². The summed E-state index contributed by atoms with van der Waals surface area (Å²) < 4.78 is 4.94. The molecule has 78 valence electrons. The number of aliphatic hydroxyl groups is 1. The standard InChI is InChI=1S/C11H17NO2/c1-11(13,5-7-14-2)8-10-4-3-6-12-9-10/h3-4,6,9,13H,5,7-8H2,1-2H3. The van der Waals surface area contributed by atoms with E-state index < -0.39 is 5.60 Å². The normalized spacial score (nSPS) is 15.1. The third-order valence-electron chi connectivity index (χ3n) is 2.15. The summed E-state index contributed by atoms with van der Waals surface area (Å²) in [6, 6.07) is 3.84. The van der Waals surface area contributed by atoms with Crippen molar-refractivity contribution in [1.29, 1.82) is 0 Å². The Labute approximate surface area is 84.7 Å². The van der Waals surface area contributed by atoms with Crippen LogP contribution < -0.4 is 0 Å². The maximum Gasteiger partial charge on any atom is 0.0682 e. The quantitative estimate of drug-likeness (QED) is 0.772. The van der Waals surface area contributed by atoms with Crippen molar-refractivity contribution in [3.8, 4) is 0 Å². The molecule has 0 fully saturated rings. The van der Waals surface area contributed by atoms with E-state index in [-0.39, 0.29) is 0 Å². The highest BCUT2D eigenvalue weighted by Crippen LogP contribution is 2.15. The Morgan fingerprint density at radius 2 is 2.36 bits per heavy atom. The summed E-state index contributed by atoms with van der Waals surface area (Å²) in [4.78, 5) is 4.01. The van der Waals surface area contributed by atoms with Crippen molar-refractivity contribution in [3.05, 3.63) is 30.1 Å². The molecule has 0 amide bonds. The van der Waals surface area contributed by atoms with Gasteiger partial charge in [0, 0.05) is 32.5 Å². The fourth-order valence-electron chi connectivity index (χ4n) is 1.35. The van der Waals surface area contributed by atoms with Crippen molar-refractivity contribution in [2.24, 2.45) is 0 Å². The van der Waals surface area contributed by atoms with E-state index in [0.29, 0.717) is 19.4 Å². The predicted octanol–water partition coefficient (Wildman–Crippen LogP) is 1.41. The number of hydrogen-bond donors (Lipinski definition) is 1. The fourth-order valence-corrected chi connectivity index (χ4v) is 1.35. The monoisotopic (exact) mass is 195 g/mol. The zero-order valence-corrected chi connectivity index (χ0v) is 8.73. The van der Waals surface area contributed by atoms with Gasteiger partial charge in [-0.25, -0.2) is 0 Å². The molecule has 0 aliphatic rings. The first-order valence-electron chi connectivity index (χ1n) is 4.74. The largest absolute Gasteiger partial charge is 0.390 e. The van der Waals surface area contributed by atoms with Crippen LogP contribution in [0.4, 0.5) is 0 Å². The lowest BCUT2D eigenvalue weighted by atomic mass is 9.94. The highest BCUT2D eigenvalue weighted by Gasteiger charge is 2.20. The molecule has 1 aromatic rings. The number of nitrogens with zero attached hydrogens (tertiary/aromatic N) is 1. The zero-order valence-electron chi connectivity index (χ0n) is 8.73. The van der Waals surface area contributed by atoms with E-state index in [0.717, 1.165) is 5.56 Å². The molecule has 0 spiro atoms. The lowest BCUT2D eigenvalue weighted by molar-refractivity contribution is 0.0249. The summed E-state index contributed by atoms with van der Waals surface area (Å²) in [7, 11) is 1.64. The molecule has 0 saturated heterocycles. The van der Waals surface area contributed by atoms with Crippen molar-refractivity contribution in [1.82, 2.24) is 4.98 Å². The minimum absolute atomic E-state index is 0.577. The lowest BCUT2D eigenvalue weighted by Gasteiger charge is -2.22. The molecule has 1 N–H and O–H groups in total. The maximum absolute atomic E-state index is 9.99. The smallest absolute Gasteiger partial charge is 0.0682 e. The van der Waals surface area contributed by atoms with E-state index in [1.807, 2.05) is 19.1 Å². The van der Waals surface area contributed by atoms with E-state index in [1.165, 1.54) is 0 Å². The van der Waals surface area contributed by atoms with Crippen LogP contribution in [0.25, 0.3) is 0 Å². The zero-order chi connectivity index (χ0) is 10.4. The van der Waals surface area contributed by atoms with Crippen LogP contribution >= 0.6 is 0 Å². The van der Waals surface area contributed by atoms with Gasteiger partial charge in [-0.15, -0.1) is 0 Å². The molecule has 0 aromatic carbocycles.